The molecule has 1 aromatic rings. The summed E-state index contributed by atoms with van der Waals surface area (Å²) in [6.07, 6.45) is 6.42. The zero-order valence-corrected chi connectivity index (χ0v) is 6.45. The van der Waals surface area contributed by atoms with Crippen LogP contribution in [0.5, 0.6) is 0 Å². The molecular weight excluding hydrogens is 142 g/mol. The van der Waals surface area contributed by atoms with E-state index >= 15 is 0 Å². The second-order valence-corrected chi connectivity index (χ2v) is 2.47. The highest BCUT2D eigenvalue weighted by atomic mass is 32.1. The Balaban J connectivity index is 3.03. The Morgan fingerprint density at radius 1 is 1.70 bits per heavy atom. The van der Waals surface area contributed by atoms with Gasteiger partial charge in [0.15, 0.2) is 0 Å². The number of pyridine rings is 1. The van der Waals surface area contributed by atoms with Crippen molar-refractivity contribution in [3.8, 4) is 0 Å². The van der Waals surface area contributed by atoms with Crippen molar-refractivity contribution in [2.75, 3.05) is 0 Å². The molecule has 0 fully saturated rings. The molecule has 52 valence electrons. The summed E-state index contributed by atoms with van der Waals surface area (Å²) in [5.41, 5.74) is 1.13. The van der Waals surface area contributed by atoms with Gasteiger partial charge in [-0.1, -0.05) is 18.3 Å². The van der Waals surface area contributed by atoms with E-state index in [0.29, 0.717) is 0 Å². The molecule has 0 bridgehead atoms. The van der Waals surface area contributed by atoms with Crippen LogP contribution in [0.1, 0.15) is 5.56 Å². The lowest BCUT2D eigenvalue weighted by atomic mass is 10.2. The summed E-state index contributed by atoms with van der Waals surface area (Å²) < 4.78 is 0.902. The molecule has 0 aliphatic carbocycles. The van der Waals surface area contributed by atoms with Gasteiger partial charge >= 0.3 is 0 Å². The van der Waals surface area contributed by atoms with Gasteiger partial charge in [-0.15, -0.1) is 6.58 Å². The molecule has 1 aromatic heterocycles. The SMILES string of the molecule is C=CCc1c[nH]ccc1=S. The highest BCUT2D eigenvalue weighted by molar-refractivity contribution is 7.71. The first-order valence-corrected chi connectivity index (χ1v) is 3.52. The third-order valence-corrected chi connectivity index (χ3v) is 1.67. The highest BCUT2D eigenvalue weighted by Gasteiger charge is 1.88. The number of hydrogen-bond donors (Lipinski definition) is 1. The van der Waals surface area contributed by atoms with E-state index < -0.39 is 0 Å². The highest BCUT2D eigenvalue weighted by Crippen LogP contribution is 2.00. The Labute approximate surface area is 65.4 Å². The number of hydrogen-bond acceptors (Lipinski definition) is 1. The van der Waals surface area contributed by atoms with E-state index in [9.17, 15) is 0 Å². The summed E-state index contributed by atoms with van der Waals surface area (Å²) in [5, 5.41) is 0. The molecule has 0 radical (unpaired) electrons. The van der Waals surface area contributed by atoms with Crippen LogP contribution >= 0.6 is 12.2 Å². The van der Waals surface area contributed by atoms with Gasteiger partial charge in [0, 0.05) is 16.9 Å². The van der Waals surface area contributed by atoms with Gasteiger partial charge in [0.05, 0.1) is 0 Å². The Morgan fingerprint density at radius 2 is 2.50 bits per heavy atom. The molecule has 0 saturated heterocycles. The molecule has 10 heavy (non-hydrogen) atoms. The lowest BCUT2D eigenvalue weighted by Gasteiger charge is -1.93. The Morgan fingerprint density at radius 3 is 3.10 bits per heavy atom. The molecule has 1 heterocycles. The maximum absolute atomic E-state index is 5.05. The summed E-state index contributed by atoms with van der Waals surface area (Å²) in [4.78, 5) is 2.97. The zero-order chi connectivity index (χ0) is 7.40. The molecule has 2 heteroatoms. The number of nitrogens with one attached hydrogen (secondary N) is 1. The zero-order valence-electron chi connectivity index (χ0n) is 5.63. The van der Waals surface area contributed by atoms with Crippen LogP contribution in [0.2, 0.25) is 0 Å². The number of aromatic amines is 1. The topological polar surface area (TPSA) is 15.8 Å². The van der Waals surface area contributed by atoms with E-state index in [1.807, 2.05) is 24.5 Å². The molecule has 0 aliphatic rings. The van der Waals surface area contributed by atoms with Gasteiger partial charge in [-0.3, -0.25) is 0 Å². The van der Waals surface area contributed by atoms with Crippen LogP contribution in [0.25, 0.3) is 0 Å². The summed E-state index contributed by atoms with van der Waals surface area (Å²) in [6.45, 7) is 3.64. The monoisotopic (exact) mass is 151 g/mol. The normalized spacial score (nSPS) is 9.20. The van der Waals surface area contributed by atoms with Crippen molar-refractivity contribution in [2.24, 2.45) is 0 Å². The third kappa shape index (κ3) is 1.54. The first kappa shape index (κ1) is 7.22. The number of rotatable bonds is 2. The number of allylic oxidation sites excluding steroid dienone is 1. The summed E-state index contributed by atoms with van der Waals surface area (Å²) in [7, 11) is 0. The molecule has 1 rings (SSSR count). The molecule has 1 nitrogen and oxygen atoms in total. The van der Waals surface area contributed by atoms with Crippen LogP contribution in [0.4, 0.5) is 0 Å². The smallest absolute Gasteiger partial charge is 0.0441 e. The van der Waals surface area contributed by atoms with Crippen LogP contribution in [0, 0.1) is 4.51 Å². The quantitative estimate of drug-likeness (QED) is 0.507. The minimum Gasteiger partial charge on any atom is -0.367 e. The lowest BCUT2D eigenvalue weighted by Crippen LogP contribution is -1.82. The standard InChI is InChI=1S/C8H9NS/c1-2-3-7-6-9-5-4-8(7)10/h2,4-6H,1,3H2,(H,9,10). The van der Waals surface area contributed by atoms with Crippen molar-refractivity contribution in [1.29, 1.82) is 0 Å². The lowest BCUT2D eigenvalue weighted by molar-refractivity contribution is 1.18. The first-order chi connectivity index (χ1) is 4.84. The van der Waals surface area contributed by atoms with Gasteiger partial charge in [-0.2, -0.15) is 0 Å². The summed E-state index contributed by atoms with van der Waals surface area (Å²) in [6, 6.07) is 1.88. The van der Waals surface area contributed by atoms with Crippen LogP contribution in [-0.2, 0) is 6.42 Å². The number of H-pyrrole nitrogens is 1. The van der Waals surface area contributed by atoms with Crippen molar-refractivity contribution >= 4 is 12.2 Å². The average Bonchev–Trinajstić information content (AvgIpc) is 1.94. The third-order valence-electron chi connectivity index (χ3n) is 1.27. The molecular formula is C8H9NS. The van der Waals surface area contributed by atoms with E-state index in [4.69, 9.17) is 12.2 Å². The van der Waals surface area contributed by atoms with Gasteiger partial charge in [0.1, 0.15) is 0 Å². The minimum atomic E-state index is 0.843. The van der Waals surface area contributed by atoms with E-state index in [1.165, 1.54) is 0 Å². The van der Waals surface area contributed by atoms with Crippen molar-refractivity contribution in [1.82, 2.24) is 4.98 Å². The molecule has 0 atom stereocenters. The maximum Gasteiger partial charge on any atom is 0.0441 e. The van der Waals surface area contributed by atoms with Gasteiger partial charge in [0.25, 0.3) is 0 Å². The fourth-order valence-electron chi connectivity index (χ4n) is 0.766. The van der Waals surface area contributed by atoms with E-state index in [0.717, 1.165) is 16.5 Å². The molecule has 0 saturated carbocycles. The van der Waals surface area contributed by atoms with Crippen LogP contribution in [0.15, 0.2) is 31.1 Å². The fourth-order valence-corrected chi connectivity index (χ4v) is 0.976. The average molecular weight is 151 g/mol. The first-order valence-electron chi connectivity index (χ1n) is 3.11. The Kier molecular flexibility index (Phi) is 2.40. The molecule has 0 unspecified atom stereocenters. The Hall–Kier alpha value is -0.890. The Bertz CT molecular complexity index is 275. The predicted octanol–water partition coefficient (Wildman–Crippen LogP) is 2.47. The fraction of sp³-hybridized carbons (Fsp3) is 0.125. The van der Waals surface area contributed by atoms with Gasteiger partial charge in [0.2, 0.25) is 0 Å². The van der Waals surface area contributed by atoms with Crippen LogP contribution in [-0.4, -0.2) is 4.98 Å². The van der Waals surface area contributed by atoms with Gasteiger partial charge in [-0.05, 0) is 18.1 Å². The predicted molar refractivity (Wildman–Crippen MR) is 45.5 cm³/mol. The van der Waals surface area contributed by atoms with E-state index in [1.54, 1.807) is 0 Å². The molecule has 0 spiro atoms. The van der Waals surface area contributed by atoms with Crippen molar-refractivity contribution in [3.05, 3.63) is 41.2 Å². The molecule has 1 N–H and O–H groups in total. The van der Waals surface area contributed by atoms with Crippen LogP contribution < -0.4 is 0 Å². The van der Waals surface area contributed by atoms with Crippen LogP contribution in [0.3, 0.4) is 0 Å². The van der Waals surface area contributed by atoms with E-state index in [-0.39, 0.29) is 0 Å². The van der Waals surface area contributed by atoms with E-state index in [2.05, 4.69) is 11.6 Å². The number of aromatic nitrogens is 1. The van der Waals surface area contributed by atoms with Gasteiger partial charge in [-0.25, -0.2) is 0 Å². The van der Waals surface area contributed by atoms with Crippen molar-refractivity contribution in [2.45, 2.75) is 6.42 Å². The second kappa shape index (κ2) is 3.32. The summed E-state index contributed by atoms with van der Waals surface area (Å²) >= 11 is 5.05. The molecule has 0 aliphatic heterocycles. The molecule has 0 aromatic carbocycles. The summed E-state index contributed by atoms with van der Waals surface area (Å²) in [5.74, 6) is 0. The maximum atomic E-state index is 5.05. The largest absolute Gasteiger partial charge is 0.367 e. The second-order valence-electron chi connectivity index (χ2n) is 2.03. The molecule has 0 amide bonds. The van der Waals surface area contributed by atoms with Gasteiger partial charge < -0.3 is 4.98 Å². The minimum absolute atomic E-state index is 0.843. The van der Waals surface area contributed by atoms with Crippen molar-refractivity contribution < 1.29 is 0 Å². The van der Waals surface area contributed by atoms with Crippen molar-refractivity contribution in [3.63, 3.8) is 0 Å².